The van der Waals surface area contributed by atoms with E-state index < -0.39 is 11.6 Å². The molecule has 1 aliphatic rings. The van der Waals surface area contributed by atoms with E-state index in [1.54, 1.807) is 22.9 Å². The summed E-state index contributed by atoms with van der Waals surface area (Å²) in [6.07, 6.45) is 8.20. The van der Waals surface area contributed by atoms with E-state index >= 15 is 0 Å². The minimum atomic E-state index is -0.614. The number of carbonyl (C=O) groups excluding carboxylic acids is 1. The second kappa shape index (κ2) is 7.87. The highest BCUT2D eigenvalue weighted by molar-refractivity contribution is 6.29. The third-order valence-electron chi connectivity index (χ3n) is 5.25. The lowest BCUT2D eigenvalue weighted by atomic mass is 9.95. The van der Waals surface area contributed by atoms with Crippen molar-refractivity contribution in [3.8, 4) is 0 Å². The van der Waals surface area contributed by atoms with Gasteiger partial charge in [0.05, 0.1) is 16.5 Å². The molecule has 0 spiro atoms. The minimum Gasteiger partial charge on any atom is -0.349 e. The molecule has 1 saturated carbocycles. The fourth-order valence-corrected chi connectivity index (χ4v) is 4.10. The zero-order valence-electron chi connectivity index (χ0n) is 15.2. The van der Waals surface area contributed by atoms with Gasteiger partial charge in [0.25, 0.3) is 5.91 Å². The number of hydrogen-bond acceptors (Lipinski definition) is 2. The van der Waals surface area contributed by atoms with Crippen molar-refractivity contribution in [2.45, 2.75) is 44.7 Å². The Morgan fingerprint density at radius 1 is 1.18 bits per heavy atom. The lowest BCUT2D eigenvalue weighted by Gasteiger charge is -2.22. The highest BCUT2D eigenvalue weighted by atomic mass is 35.5. The monoisotopic (exact) mass is 403 g/mol. The van der Waals surface area contributed by atoms with Crippen molar-refractivity contribution in [3.63, 3.8) is 0 Å². The van der Waals surface area contributed by atoms with Crippen LogP contribution in [0.2, 0.25) is 5.15 Å². The van der Waals surface area contributed by atoms with E-state index in [0.717, 1.165) is 43.4 Å². The summed E-state index contributed by atoms with van der Waals surface area (Å²) in [4.78, 5) is 16.8. The van der Waals surface area contributed by atoms with Crippen LogP contribution in [0.5, 0.6) is 0 Å². The van der Waals surface area contributed by atoms with Gasteiger partial charge < -0.3 is 9.88 Å². The fraction of sp³-hybridized carbons (Fsp3) is 0.333. The molecule has 0 bridgehead atoms. The van der Waals surface area contributed by atoms with Gasteiger partial charge in [-0.25, -0.2) is 13.8 Å². The van der Waals surface area contributed by atoms with Crippen LogP contribution in [0.1, 0.15) is 48.0 Å². The van der Waals surface area contributed by atoms with Crippen molar-refractivity contribution in [2.75, 3.05) is 0 Å². The number of fused-ring (bicyclic) bond motifs is 1. The molecule has 7 heteroatoms. The Bertz CT molecular complexity index is 1030. The highest BCUT2D eigenvalue weighted by Gasteiger charge is 2.23. The Hall–Kier alpha value is -2.47. The van der Waals surface area contributed by atoms with Crippen LogP contribution in [0, 0.1) is 11.6 Å². The summed E-state index contributed by atoms with van der Waals surface area (Å²) in [5, 5.41) is 3.31. The van der Waals surface area contributed by atoms with Crippen molar-refractivity contribution in [1.82, 2.24) is 14.9 Å². The number of aromatic nitrogens is 2. The maximum atomic E-state index is 14.6. The van der Waals surface area contributed by atoms with Crippen LogP contribution in [-0.4, -0.2) is 21.5 Å². The predicted molar refractivity (Wildman–Crippen MR) is 105 cm³/mol. The van der Waals surface area contributed by atoms with E-state index in [0.29, 0.717) is 5.15 Å². The number of amides is 1. The number of nitrogens with zero attached hydrogens (tertiary/aromatic N) is 2. The van der Waals surface area contributed by atoms with Crippen LogP contribution in [-0.2, 0) is 6.54 Å². The summed E-state index contributed by atoms with van der Waals surface area (Å²) in [6.45, 7) is 0.246. The summed E-state index contributed by atoms with van der Waals surface area (Å²) in [7, 11) is 0. The van der Waals surface area contributed by atoms with Gasteiger partial charge in [0, 0.05) is 25.0 Å². The molecule has 2 heterocycles. The predicted octanol–water partition coefficient (Wildman–Crippen LogP) is 5.08. The Kier molecular flexibility index (Phi) is 5.31. The molecule has 0 aliphatic heterocycles. The van der Waals surface area contributed by atoms with Gasteiger partial charge in [-0.1, -0.05) is 30.9 Å². The van der Waals surface area contributed by atoms with E-state index in [9.17, 15) is 13.6 Å². The first-order valence-corrected chi connectivity index (χ1v) is 9.79. The SMILES string of the molecule is O=C(NC1CCCCC1)c1cn(Cc2ccnc(Cl)c2)c2c(F)ccc(F)c12. The fourth-order valence-electron chi connectivity index (χ4n) is 3.91. The molecule has 1 aromatic carbocycles. The van der Waals surface area contributed by atoms with Gasteiger partial charge in [0.2, 0.25) is 0 Å². The first-order chi connectivity index (χ1) is 13.5. The average Bonchev–Trinajstić information content (AvgIpc) is 3.06. The molecular formula is C21H20ClF2N3O. The molecule has 0 atom stereocenters. The first kappa shape index (κ1) is 18.9. The van der Waals surface area contributed by atoms with Gasteiger partial charge in [-0.2, -0.15) is 0 Å². The van der Waals surface area contributed by atoms with Crippen LogP contribution in [0.15, 0.2) is 36.7 Å². The molecule has 1 aliphatic carbocycles. The molecule has 0 saturated heterocycles. The van der Waals surface area contributed by atoms with Crippen molar-refractivity contribution in [3.05, 3.63) is 64.6 Å². The molecule has 146 valence electrons. The van der Waals surface area contributed by atoms with Crippen molar-refractivity contribution in [2.24, 2.45) is 0 Å². The molecule has 1 fully saturated rings. The second-order valence-electron chi connectivity index (χ2n) is 7.22. The summed E-state index contributed by atoms with van der Waals surface area (Å²) in [5.74, 6) is -1.56. The largest absolute Gasteiger partial charge is 0.349 e. The molecule has 3 aromatic rings. The van der Waals surface area contributed by atoms with Crippen LogP contribution < -0.4 is 5.32 Å². The van der Waals surface area contributed by atoms with E-state index in [-0.39, 0.29) is 35.0 Å². The smallest absolute Gasteiger partial charge is 0.253 e. The van der Waals surface area contributed by atoms with Crippen LogP contribution in [0.25, 0.3) is 10.9 Å². The average molecular weight is 404 g/mol. The quantitative estimate of drug-likeness (QED) is 0.617. The number of rotatable bonds is 4. The van der Waals surface area contributed by atoms with Gasteiger partial charge in [-0.05, 0) is 42.7 Å². The van der Waals surface area contributed by atoms with Crippen molar-refractivity contribution < 1.29 is 13.6 Å². The van der Waals surface area contributed by atoms with Crippen LogP contribution >= 0.6 is 11.6 Å². The van der Waals surface area contributed by atoms with E-state index in [2.05, 4.69) is 10.3 Å². The van der Waals surface area contributed by atoms with Gasteiger partial charge in [-0.3, -0.25) is 4.79 Å². The normalized spacial score (nSPS) is 15.1. The van der Waals surface area contributed by atoms with E-state index in [4.69, 9.17) is 11.6 Å². The topological polar surface area (TPSA) is 46.9 Å². The lowest BCUT2D eigenvalue weighted by Crippen LogP contribution is -2.36. The molecule has 28 heavy (non-hydrogen) atoms. The number of benzene rings is 1. The Balaban J connectivity index is 1.74. The molecular weight excluding hydrogens is 384 g/mol. The Morgan fingerprint density at radius 3 is 2.68 bits per heavy atom. The zero-order chi connectivity index (χ0) is 19.7. The number of pyridine rings is 1. The molecule has 4 rings (SSSR count). The number of hydrogen-bond donors (Lipinski definition) is 1. The van der Waals surface area contributed by atoms with E-state index in [1.165, 1.54) is 12.6 Å². The Morgan fingerprint density at radius 2 is 1.93 bits per heavy atom. The molecule has 0 unspecified atom stereocenters. The van der Waals surface area contributed by atoms with Crippen molar-refractivity contribution in [1.29, 1.82) is 0 Å². The number of nitrogens with one attached hydrogen (secondary N) is 1. The molecule has 1 N–H and O–H groups in total. The van der Waals surface area contributed by atoms with Gasteiger partial charge in [0.1, 0.15) is 16.8 Å². The summed E-state index contributed by atoms with van der Waals surface area (Å²) < 4.78 is 30.7. The second-order valence-corrected chi connectivity index (χ2v) is 7.61. The standard InChI is InChI=1S/C21H20ClF2N3O/c22-18-10-13(8-9-25-18)11-27-12-15(19-16(23)6-7-17(24)20(19)27)21(28)26-14-4-2-1-3-5-14/h6-10,12,14H,1-5,11H2,(H,26,28). The molecule has 1 amide bonds. The molecule has 2 aromatic heterocycles. The minimum absolute atomic E-state index is 0.00784. The van der Waals surface area contributed by atoms with E-state index in [1.807, 2.05) is 0 Å². The highest BCUT2D eigenvalue weighted by Crippen LogP contribution is 2.28. The molecule has 0 radical (unpaired) electrons. The van der Waals surface area contributed by atoms with Crippen LogP contribution in [0.4, 0.5) is 8.78 Å². The maximum Gasteiger partial charge on any atom is 0.253 e. The summed E-state index contributed by atoms with van der Waals surface area (Å²) in [5.41, 5.74) is 0.999. The van der Waals surface area contributed by atoms with Gasteiger partial charge in [-0.15, -0.1) is 0 Å². The third kappa shape index (κ3) is 3.74. The number of halogens is 3. The first-order valence-electron chi connectivity index (χ1n) is 9.41. The summed E-state index contributed by atoms with van der Waals surface area (Å²) in [6, 6.07) is 5.62. The Labute approximate surface area is 166 Å². The maximum absolute atomic E-state index is 14.6. The van der Waals surface area contributed by atoms with Crippen LogP contribution in [0.3, 0.4) is 0 Å². The number of carbonyl (C=O) groups is 1. The third-order valence-corrected chi connectivity index (χ3v) is 5.45. The van der Waals surface area contributed by atoms with Gasteiger partial charge in [0.15, 0.2) is 0 Å². The lowest BCUT2D eigenvalue weighted by molar-refractivity contribution is 0.0929. The molecule has 4 nitrogen and oxygen atoms in total. The zero-order valence-corrected chi connectivity index (χ0v) is 16.0. The van der Waals surface area contributed by atoms with Gasteiger partial charge >= 0.3 is 0 Å². The van der Waals surface area contributed by atoms with Crippen molar-refractivity contribution >= 4 is 28.4 Å². The summed E-state index contributed by atoms with van der Waals surface area (Å²) >= 11 is 5.93.